The van der Waals surface area contributed by atoms with Gasteiger partial charge in [-0.15, -0.1) is 0 Å². The highest BCUT2D eigenvalue weighted by Gasteiger charge is 2.36. The number of hydrogen-bond acceptors (Lipinski definition) is 5. The molecule has 3 atom stereocenters. The van der Waals surface area contributed by atoms with Gasteiger partial charge in [0.25, 0.3) is 0 Å². The molecule has 2 N–H and O–H groups in total. The number of nitrogens with zero attached hydrogens (tertiary/aromatic N) is 4. The van der Waals surface area contributed by atoms with Crippen LogP contribution in [0.4, 0.5) is 10.6 Å². The van der Waals surface area contributed by atoms with Crippen LogP contribution in [0.3, 0.4) is 0 Å². The Morgan fingerprint density at radius 3 is 2.66 bits per heavy atom. The van der Waals surface area contributed by atoms with E-state index in [0.717, 1.165) is 31.4 Å². The summed E-state index contributed by atoms with van der Waals surface area (Å²) in [6.07, 6.45) is 6.45. The van der Waals surface area contributed by atoms with Crippen molar-refractivity contribution in [1.82, 2.24) is 25.1 Å². The highest BCUT2D eigenvalue weighted by atomic mass is 16.5. The first-order chi connectivity index (χ1) is 15.5. The normalized spacial score (nSPS) is 20.3. The molecule has 0 radical (unpaired) electrons. The van der Waals surface area contributed by atoms with Crippen molar-refractivity contribution in [2.45, 2.75) is 38.1 Å². The molecule has 2 heterocycles. The molecular formula is C24H30N6O2. The van der Waals surface area contributed by atoms with Crippen LogP contribution in [-0.4, -0.2) is 45.5 Å². The number of carbonyl (C=O) groups excluding carboxylic acids is 1. The largest absolute Gasteiger partial charge is 0.385 e. The standard InChI is InChI=1S/C24H30N6O2/c1-16-25-14-19(15-26-16)21-13-23(30(2)29-21)28-24(31)27-22-12-17(9-10-32-3)11-20(22)18-7-5-4-6-8-18/h4-8,13-15,17,20,22H,9-12H2,1-3H3,(H2,27,28,31)/t17-,20-,22+/m0/s1. The fraction of sp³-hybridized carbons (Fsp3) is 0.417. The molecule has 3 aromatic rings. The molecule has 4 rings (SSSR count). The highest BCUT2D eigenvalue weighted by molar-refractivity contribution is 5.89. The van der Waals surface area contributed by atoms with Gasteiger partial charge in [-0.05, 0) is 37.7 Å². The van der Waals surface area contributed by atoms with Crippen molar-refractivity contribution in [3.8, 4) is 11.3 Å². The van der Waals surface area contributed by atoms with Gasteiger partial charge in [0.15, 0.2) is 0 Å². The van der Waals surface area contributed by atoms with Crippen LogP contribution < -0.4 is 10.6 Å². The van der Waals surface area contributed by atoms with Crippen LogP contribution >= 0.6 is 0 Å². The average Bonchev–Trinajstić information content (AvgIpc) is 3.36. The van der Waals surface area contributed by atoms with Crippen molar-refractivity contribution in [2.24, 2.45) is 13.0 Å². The van der Waals surface area contributed by atoms with E-state index in [2.05, 4.69) is 50.0 Å². The second kappa shape index (κ2) is 9.91. The third kappa shape index (κ3) is 5.13. The average molecular weight is 435 g/mol. The first-order valence-electron chi connectivity index (χ1n) is 11.0. The van der Waals surface area contributed by atoms with Crippen LogP contribution in [0.25, 0.3) is 11.3 Å². The maximum Gasteiger partial charge on any atom is 0.320 e. The van der Waals surface area contributed by atoms with Gasteiger partial charge in [-0.2, -0.15) is 5.10 Å². The molecule has 1 aromatic carbocycles. The zero-order valence-corrected chi connectivity index (χ0v) is 18.8. The van der Waals surface area contributed by atoms with Crippen molar-refractivity contribution in [3.63, 3.8) is 0 Å². The van der Waals surface area contributed by atoms with Gasteiger partial charge in [0, 0.05) is 56.7 Å². The molecule has 8 nitrogen and oxygen atoms in total. The van der Waals surface area contributed by atoms with Crippen LogP contribution in [0.2, 0.25) is 0 Å². The van der Waals surface area contributed by atoms with Crippen molar-refractivity contribution < 1.29 is 9.53 Å². The van der Waals surface area contributed by atoms with Crippen LogP contribution in [-0.2, 0) is 11.8 Å². The van der Waals surface area contributed by atoms with Gasteiger partial charge in [-0.1, -0.05) is 30.3 Å². The lowest BCUT2D eigenvalue weighted by Gasteiger charge is -2.21. The Hall–Kier alpha value is -3.26. The van der Waals surface area contributed by atoms with Crippen molar-refractivity contribution >= 4 is 11.8 Å². The summed E-state index contributed by atoms with van der Waals surface area (Å²) in [6.45, 7) is 2.58. The molecular weight excluding hydrogens is 404 g/mol. The van der Waals surface area contributed by atoms with Crippen LogP contribution in [0.5, 0.6) is 0 Å². The van der Waals surface area contributed by atoms with Crippen LogP contribution in [0.1, 0.15) is 36.6 Å². The molecule has 0 spiro atoms. The van der Waals surface area contributed by atoms with E-state index in [0.29, 0.717) is 23.3 Å². The molecule has 1 aliphatic carbocycles. The Bertz CT molecular complexity index is 1030. The molecule has 1 saturated carbocycles. The van der Waals surface area contributed by atoms with Gasteiger partial charge in [0.2, 0.25) is 0 Å². The summed E-state index contributed by atoms with van der Waals surface area (Å²) >= 11 is 0. The maximum absolute atomic E-state index is 12.9. The van der Waals surface area contributed by atoms with Crippen molar-refractivity contribution in [2.75, 3.05) is 19.0 Å². The van der Waals surface area contributed by atoms with E-state index in [-0.39, 0.29) is 18.0 Å². The molecule has 0 unspecified atom stereocenters. The van der Waals surface area contributed by atoms with Crippen molar-refractivity contribution in [1.29, 1.82) is 0 Å². The van der Waals surface area contributed by atoms with Gasteiger partial charge in [0.1, 0.15) is 11.6 Å². The topological polar surface area (TPSA) is 94.0 Å². The second-order valence-electron chi connectivity index (χ2n) is 8.40. The fourth-order valence-corrected chi connectivity index (χ4v) is 4.46. The zero-order valence-electron chi connectivity index (χ0n) is 18.8. The number of aromatic nitrogens is 4. The second-order valence-corrected chi connectivity index (χ2v) is 8.40. The number of carbonyl (C=O) groups is 1. The summed E-state index contributed by atoms with van der Waals surface area (Å²) in [5.41, 5.74) is 2.78. The van der Waals surface area contributed by atoms with Gasteiger partial charge >= 0.3 is 6.03 Å². The van der Waals surface area contributed by atoms with Crippen LogP contribution in [0, 0.1) is 12.8 Å². The number of rotatable bonds is 7. The van der Waals surface area contributed by atoms with E-state index in [9.17, 15) is 4.79 Å². The molecule has 32 heavy (non-hydrogen) atoms. The lowest BCUT2D eigenvalue weighted by atomic mass is 9.93. The predicted molar refractivity (Wildman–Crippen MR) is 123 cm³/mol. The number of methoxy groups -OCH3 is 1. The summed E-state index contributed by atoms with van der Waals surface area (Å²) in [7, 11) is 3.54. The number of benzene rings is 1. The maximum atomic E-state index is 12.9. The van der Waals surface area contributed by atoms with Gasteiger partial charge < -0.3 is 10.1 Å². The summed E-state index contributed by atoms with van der Waals surface area (Å²) in [6, 6.07) is 12.1. The van der Waals surface area contributed by atoms with E-state index in [4.69, 9.17) is 4.74 Å². The van der Waals surface area contributed by atoms with E-state index in [1.54, 1.807) is 31.2 Å². The molecule has 0 bridgehead atoms. The molecule has 1 fully saturated rings. The molecule has 0 aliphatic heterocycles. The summed E-state index contributed by atoms with van der Waals surface area (Å²) in [5.74, 6) is 2.13. The summed E-state index contributed by atoms with van der Waals surface area (Å²) in [4.78, 5) is 21.3. The quantitative estimate of drug-likeness (QED) is 0.588. The summed E-state index contributed by atoms with van der Waals surface area (Å²) in [5, 5.41) is 10.6. The minimum Gasteiger partial charge on any atom is -0.385 e. The molecule has 168 valence electrons. The van der Waals surface area contributed by atoms with Crippen molar-refractivity contribution in [3.05, 3.63) is 60.2 Å². The van der Waals surface area contributed by atoms with E-state index < -0.39 is 0 Å². The minimum atomic E-state index is -0.224. The number of urea groups is 1. The van der Waals surface area contributed by atoms with Gasteiger partial charge in [-0.3, -0.25) is 10.00 Å². The number of anilines is 1. The monoisotopic (exact) mass is 434 g/mol. The Kier molecular flexibility index (Phi) is 6.80. The first-order valence-corrected chi connectivity index (χ1v) is 11.0. The SMILES string of the molecule is COCC[C@@H]1C[C@@H](NC(=O)Nc2cc(-c3cnc(C)nc3)nn2C)[C@H](c2ccccc2)C1. The lowest BCUT2D eigenvalue weighted by molar-refractivity contribution is 0.177. The van der Waals surface area contributed by atoms with E-state index in [1.165, 1.54) is 5.56 Å². The zero-order chi connectivity index (χ0) is 22.5. The number of amides is 2. The highest BCUT2D eigenvalue weighted by Crippen LogP contribution is 2.40. The Labute approximate surface area is 188 Å². The number of ether oxygens (including phenoxy) is 1. The Balaban J connectivity index is 1.44. The molecule has 1 aliphatic rings. The van der Waals surface area contributed by atoms with Crippen LogP contribution in [0.15, 0.2) is 48.8 Å². The van der Waals surface area contributed by atoms with E-state index >= 15 is 0 Å². The first kappa shape index (κ1) is 22.0. The Morgan fingerprint density at radius 2 is 1.94 bits per heavy atom. The summed E-state index contributed by atoms with van der Waals surface area (Å²) < 4.78 is 6.93. The molecule has 8 heteroatoms. The molecule has 2 aromatic heterocycles. The smallest absolute Gasteiger partial charge is 0.320 e. The Morgan fingerprint density at radius 1 is 1.19 bits per heavy atom. The number of aryl methyl sites for hydroxylation is 2. The third-order valence-corrected chi connectivity index (χ3v) is 6.13. The number of hydrogen-bond donors (Lipinski definition) is 2. The minimum absolute atomic E-state index is 0.0671. The van der Waals surface area contributed by atoms with Gasteiger partial charge in [-0.25, -0.2) is 14.8 Å². The molecule has 0 saturated heterocycles. The van der Waals surface area contributed by atoms with E-state index in [1.807, 2.05) is 19.1 Å². The number of nitrogens with one attached hydrogen (secondary N) is 2. The third-order valence-electron chi connectivity index (χ3n) is 6.13. The lowest BCUT2D eigenvalue weighted by Crippen LogP contribution is -2.39. The fourth-order valence-electron chi connectivity index (χ4n) is 4.46. The molecule has 2 amide bonds. The van der Waals surface area contributed by atoms with Gasteiger partial charge in [0.05, 0.1) is 5.69 Å². The predicted octanol–water partition coefficient (Wildman–Crippen LogP) is 3.91.